The molecule has 2 rings (SSSR count). The van der Waals surface area contributed by atoms with Gasteiger partial charge in [-0.1, -0.05) is 13.8 Å². The topological polar surface area (TPSA) is 55.6 Å². The van der Waals surface area contributed by atoms with Crippen LogP contribution in [0.3, 0.4) is 0 Å². The molecule has 1 heterocycles. The molecule has 0 aromatic rings. The molecule has 1 saturated carbocycles. The SMILES string of the molecule is CCC1COCCN1C(=O)C1CC(C)CCC1N. The second-order valence-corrected chi connectivity index (χ2v) is 5.86. The minimum absolute atomic E-state index is 0.0286. The summed E-state index contributed by atoms with van der Waals surface area (Å²) >= 11 is 0. The van der Waals surface area contributed by atoms with Crippen LogP contribution in [0.2, 0.25) is 0 Å². The number of carbonyl (C=O) groups is 1. The number of amides is 1. The highest BCUT2D eigenvalue weighted by atomic mass is 16.5. The zero-order chi connectivity index (χ0) is 13.1. The van der Waals surface area contributed by atoms with E-state index in [1.54, 1.807) is 0 Å². The van der Waals surface area contributed by atoms with Crippen LogP contribution < -0.4 is 5.73 Å². The van der Waals surface area contributed by atoms with Gasteiger partial charge >= 0.3 is 0 Å². The van der Waals surface area contributed by atoms with Gasteiger partial charge in [-0.25, -0.2) is 0 Å². The van der Waals surface area contributed by atoms with E-state index in [-0.39, 0.29) is 23.9 Å². The Bertz CT molecular complexity index is 292. The van der Waals surface area contributed by atoms with Crippen molar-refractivity contribution >= 4 is 5.91 Å². The van der Waals surface area contributed by atoms with Crippen molar-refractivity contribution in [3.8, 4) is 0 Å². The average Bonchev–Trinajstić information content (AvgIpc) is 2.40. The maximum absolute atomic E-state index is 12.7. The van der Waals surface area contributed by atoms with Crippen LogP contribution >= 0.6 is 0 Å². The molecule has 2 aliphatic rings. The van der Waals surface area contributed by atoms with E-state index < -0.39 is 0 Å². The normalized spacial score (nSPS) is 37.6. The van der Waals surface area contributed by atoms with Gasteiger partial charge in [0.25, 0.3) is 0 Å². The van der Waals surface area contributed by atoms with Crippen LogP contribution in [0.5, 0.6) is 0 Å². The molecule has 1 saturated heterocycles. The van der Waals surface area contributed by atoms with E-state index in [1.807, 2.05) is 4.90 Å². The maximum Gasteiger partial charge on any atom is 0.227 e. The number of hydrogen-bond acceptors (Lipinski definition) is 3. The molecule has 0 bridgehead atoms. The Morgan fingerprint density at radius 1 is 1.44 bits per heavy atom. The van der Waals surface area contributed by atoms with Crippen molar-refractivity contribution in [2.45, 2.75) is 51.6 Å². The molecule has 1 aliphatic heterocycles. The molecular formula is C14H26N2O2. The highest BCUT2D eigenvalue weighted by Gasteiger charge is 2.37. The lowest BCUT2D eigenvalue weighted by atomic mass is 9.78. The van der Waals surface area contributed by atoms with Crippen LogP contribution in [0.1, 0.15) is 39.5 Å². The molecular weight excluding hydrogens is 228 g/mol. The molecule has 0 aromatic heterocycles. The predicted octanol–water partition coefficient (Wildman–Crippen LogP) is 1.39. The summed E-state index contributed by atoms with van der Waals surface area (Å²) in [5.41, 5.74) is 6.16. The Kier molecular flexibility index (Phi) is 4.62. The lowest BCUT2D eigenvalue weighted by molar-refractivity contribution is -0.146. The number of ether oxygens (including phenoxy) is 1. The number of hydrogen-bond donors (Lipinski definition) is 1. The largest absolute Gasteiger partial charge is 0.377 e. The smallest absolute Gasteiger partial charge is 0.227 e. The van der Waals surface area contributed by atoms with Gasteiger partial charge in [-0.05, 0) is 31.6 Å². The molecule has 2 fully saturated rings. The number of morpholine rings is 1. The molecule has 0 aromatic carbocycles. The first-order valence-corrected chi connectivity index (χ1v) is 7.27. The van der Waals surface area contributed by atoms with Crippen LogP contribution in [0, 0.1) is 11.8 Å². The third kappa shape index (κ3) is 2.86. The highest BCUT2D eigenvalue weighted by Crippen LogP contribution is 2.30. The summed E-state index contributed by atoms with van der Waals surface area (Å²) in [6.45, 7) is 6.42. The van der Waals surface area contributed by atoms with E-state index in [1.165, 1.54) is 0 Å². The molecule has 1 amide bonds. The van der Waals surface area contributed by atoms with Crippen molar-refractivity contribution in [2.24, 2.45) is 17.6 Å². The van der Waals surface area contributed by atoms with Gasteiger partial charge < -0.3 is 15.4 Å². The minimum Gasteiger partial charge on any atom is -0.377 e. The summed E-state index contributed by atoms with van der Waals surface area (Å²) in [5, 5.41) is 0. The molecule has 4 heteroatoms. The first-order chi connectivity index (χ1) is 8.63. The quantitative estimate of drug-likeness (QED) is 0.810. The number of nitrogens with zero attached hydrogens (tertiary/aromatic N) is 1. The Hall–Kier alpha value is -0.610. The summed E-state index contributed by atoms with van der Waals surface area (Å²) < 4.78 is 5.46. The second kappa shape index (κ2) is 6.02. The van der Waals surface area contributed by atoms with Crippen molar-refractivity contribution in [2.75, 3.05) is 19.8 Å². The van der Waals surface area contributed by atoms with Crippen LogP contribution in [0.25, 0.3) is 0 Å². The molecule has 4 unspecified atom stereocenters. The summed E-state index contributed by atoms with van der Waals surface area (Å²) in [6, 6.07) is 0.296. The summed E-state index contributed by atoms with van der Waals surface area (Å²) in [7, 11) is 0. The molecule has 2 N–H and O–H groups in total. The lowest BCUT2D eigenvalue weighted by Gasteiger charge is -2.40. The van der Waals surface area contributed by atoms with E-state index in [2.05, 4.69) is 13.8 Å². The first kappa shape index (κ1) is 13.8. The lowest BCUT2D eigenvalue weighted by Crippen LogP contribution is -2.54. The molecule has 0 spiro atoms. The summed E-state index contributed by atoms with van der Waals surface area (Å²) in [4.78, 5) is 14.7. The molecule has 104 valence electrons. The Morgan fingerprint density at radius 2 is 2.22 bits per heavy atom. The molecule has 1 aliphatic carbocycles. The maximum atomic E-state index is 12.7. The van der Waals surface area contributed by atoms with Crippen LogP contribution in [0.4, 0.5) is 0 Å². The van der Waals surface area contributed by atoms with Gasteiger partial charge in [-0.3, -0.25) is 4.79 Å². The number of nitrogens with two attached hydrogens (primary N) is 1. The van der Waals surface area contributed by atoms with Crippen molar-refractivity contribution in [1.29, 1.82) is 0 Å². The fraction of sp³-hybridized carbons (Fsp3) is 0.929. The van der Waals surface area contributed by atoms with Crippen LogP contribution in [-0.4, -0.2) is 42.6 Å². The zero-order valence-electron chi connectivity index (χ0n) is 11.6. The molecule has 0 radical (unpaired) electrons. The second-order valence-electron chi connectivity index (χ2n) is 5.86. The molecule has 4 atom stereocenters. The van der Waals surface area contributed by atoms with E-state index in [0.717, 1.165) is 32.2 Å². The van der Waals surface area contributed by atoms with Gasteiger partial charge in [0, 0.05) is 12.6 Å². The van der Waals surface area contributed by atoms with Gasteiger partial charge in [0.1, 0.15) is 0 Å². The summed E-state index contributed by atoms with van der Waals surface area (Å²) in [6.07, 6.45) is 4.06. The Balaban J connectivity index is 2.04. The van der Waals surface area contributed by atoms with Crippen molar-refractivity contribution < 1.29 is 9.53 Å². The van der Waals surface area contributed by atoms with E-state index in [4.69, 9.17) is 10.5 Å². The molecule has 18 heavy (non-hydrogen) atoms. The fourth-order valence-electron chi connectivity index (χ4n) is 3.18. The Morgan fingerprint density at radius 3 is 2.94 bits per heavy atom. The average molecular weight is 254 g/mol. The van der Waals surface area contributed by atoms with Gasteiger partial charge in [-0.2, -0.15) is 0 Å². The van der Waals surface area contributed by atoms with Gasteiger partial charge in [-0.15, -0.1) is 0 Å². The zero-order valence-corrected chi connectivity index (χ0v) is 11.6. The molecule has 4 nitrogen and oxygen atoms in total. The van der Waals surface area contributed by atoms with Crippen molar-refractivity contribution in [3.63, 3.8) is 0 Å². The van der Waals surface area contributed by atoms with E-state index in [9.17, 15) is 4.79 Å². The van der Waals surface area contributed by atoms with Crippen molar-refractivity contribution in [3.05, 3.63) is 0 Å². The monoisotopic (exact) mass is 254 g/mol. The van der Waals surface area contributed by atoms with E-state index in [0.29, 0.717) is 19.1 Å². The van der Waals surface area contributed by atoms with Crippen LogP contribution in [0.15, 0.2) is 0 Å². The van der Waals surface area contributed by atoms with Gasteiger partial charge in [0.05, 0.1) is 25.2 Å². The first-order valence-electron chi connectivity index (χ1n) is 7.27. The predicted molar refractivity (Wildman–Crippen MR) is 71.1 cm³/mol. The minimum atomic E-state index is 0.0286. The van der Waals surface area contributed by atoms with Crippen LogP contribution in [-0.2, 0) is 9.53 Å². The fourth-order valence-corrected chi connectivity index (χ4v) is 3.18. The Labute approximate surface area is 110 Å². The highest BCUT2D eigenvalue weighted by molar-refractivity contribution is 5.80. The summed E-state index contributed by atoms with van der Waals surface area (Å²) in [5.74, 6) is 0.921. The van der Waals surface area contributed by atoms with Gasteiger partial charge in [0.15, 0.2) is 0 Å². The number of rotatable bonds is 2. The van der Waals surface area contributed by atoms with Crippen molar-refractivity contribution in [1.82, 2.24) is 4.90 Å². The van der Waals surface area contributed by atoms with Gasteiger partial charge in [0.2, 0.25) is 5.91 Å². The van der Waals surface area contributed by atoms with E-state index >= 15 is 0 Å². The third-order valence-electron chi connectivity index (χ3n) is 4.46. The number of carbonyl (C=O) groups excluding carboxylic acids is 1. The third-order valence-corrected chi connectivity index (χ3v) is 4.46. The standard InChI is InChI=1S/C14H26N2O2/c1-3-11-9-18-7-6-16(11)14(17)12-8-10(2)4-5-13(12)15/h10-13H,3-9,15H2,1-2H3.